The van der Waals surface area contributed by atoms with E-state index in [1.54, 1.807) is 12.4 Å². The molecule has 0 saturated carbocycles. The van der Waals surface area contributed by atoms with Crippen LogP contribution in [0, 0.1) is 5.41 Å². The summed E-state index contributed by atoms with van der Waals surface area (Å²) in [6.45, 7) is 5.47. The van der Waals surface area contributed by atoms with E-state index >= 15 is 0 Å². The summed E-state index contributed by atoms with van der Waals surface area (Å²) in [6, 6.07) is 1.92. The molecule has 1 aromatic rings. The van der Waals surface area contributed by atoms with Crippen molar-refractivity contribution in [2.75, 3.05) is 25.0 Å². The van der Waals surface area contributed by atoms with Crippen molar-refractivity contribution in [1.82, 2.24) is 10.3 Å². The van der Waals surface area contributed by atoms with Crippen molar-refractivity contribution in [3.8, 4) is 0 Å². The highest BCUT2D eigenvalue weighted by Gasteiger charge is 2.26. The number of hydrogen-bond donors (Lipinski definition) is 2. The van der Waals surface area contributed by atoms with Crippen LogP contribution in [0.4, 0.5) is 5.69 Å². The van der Waals surface area contributed by atoms with Crippen LogP contribution in [0.2, 0.25) is 5.02 Å². The number of anilines is 1. The second kappa shape index (κ2) is 5.02. The minimum atomic E-state index is 0.324. The molecule has 2 N–H and O–H groups in total. The van der Waals surface area contributed by atoms with Crippen molar-refractivity contribution in [2.24, 2.45) is 5.41 Å². The molecule has 0 amide bonds. The van der Waals surface area contributed by atoms with E-state index in [2.05, 4.69) is 22.5 Å². The standard InChI is InChI=1S/C12H18ClN3/c1-12(4-2-5-15-8-12)9-16-11-3-6-14-7-10(11)13/h3,6-7,15H,2,4-5,8-9H2,1H3,(H,14,16). The van der Waals surface area contributed by atoms with Crippen LogP contribution in [0.1, 0.15) is 19.8 Å². The molecular weight excluding hydrogens is 222 g/mol. The van der Waals surface area contributed by atoms with Gasteiger partial charge in [0.15, 0.2) is 0 Å². The van der Waals surface area contributed by atoms with Crippen molar-refractivity contribution < 1.29 is 0 Å². The summed E-state index contributed by atoms with van der Waals surface area (Å²) in [5.74, 6) is 0. The molecule has 1 aliphatic heterocycles. The fourth-order valence-corrected chi connectivity index (χ4v) is 2.28. The Bertz CT molecular complexity index is 348. The number of hydrogen-bond acceptors (Lipinski definition) is 3. The molecule has 1 aliphatic rings. The fourth-order valence-electron chi connectivity index (χ4n) is 2.10. The SMILES string of the molecule is CC1(CNc2ccncc2Cl)CCCNC1. The Labute approximate surface area is 102 Å². The maximum Gasteiger partial charge on any atom is 0.0820 e. The highest BCUT2D eigenvalue weighted by atomic mass is 35.5. The van der Waals surface area contributed by atoms with Gasteiger partial charge in [-0.3, -0.25) is 4.98 Å². The molecule has 2 heterocycles. The third-order valence-corrected chi connectivity index (χ3v) is 3.46. The van der Waals surface area contributed by atoms with Crippen LogP contribution in [0.25, 0.3) is 0 Å². The van der Waals surface area contributed by atoms with Crippen LogP contribution < -0.4 is 10.6 Å². The number of nitrogens with zero attached hydrogens (tertiary/aromatic N) is 1. The van der Waals surface area contributed by atoms with E-state index in [1.165, 1.54) is 12.8 Å². The van der Waals surface area contributed by atoms with E-state index < -0.39 is 0 Å². The molecule has 1 atom stereocenters. The quantitative estimate of drug-likeness (QED) is 0.851. The van der Waals surface area contributed by atoms with E-state index in [1.807, 2.05) is 6.07 Å². The van der Waals surface area contributed by atoms with Gasteiger partial charge in [0.2, 0.25) is 0 Å². The van der Waals surface area contributed by atoms with Gasteiger partial charge < -0.3 is 10.6 Å². The van der Waals surface area contributed by atoms with Gasteiger partial charge in [0, 0.05) is 25.5 Å². The van der Waals surface area contributed by atoms with Crippen LogP contribution >= 0.6 is 11.6 Å². The number of aromatic nitrogens is 1. The van der Waals surface area contributed by atoms with Crippen molar-refractivity contribution in [3.05, 3.63) is 23.5 Å². The number of nitrogens with one attached hydrogen (secondary N) is 2. The smallest absolute Gasteiger partial charge is 0.0820 e. The molecule has 16 heavy (non-hydrogen) atoms. The summed E-state index contributed by atoms with van der Waals surface area (Å²) in [4.78, 5) is 3.97. The van der Waals surface area contributed by atoms with Gasteiger partial charge in [-0.25, -0.2) is 0 Å². The average Bonchev–Trinajstić information content (AvgIpc) is 2.29. The van der Waals surface area contributed by atoms with Crippen LogP contribution in [-0.2, 0) is 0 Å². The summed E-state index contributed by atoms with van der Waals surface area (Å²) < 4.78 is 0. The molecular formula is C12H18ClN3. The lowest BCUT2D eigenvalue weighted by Crippen LogP contribution is -2.42. The molecule has 3 nitrogen and oxygen atoms in total. The number of piperidine rings is 1. The summed E-state index contributed by atoms with van der Waals surface area (Å²) in [7, 11) is 0. The molecule has 0 spiro atoms. The Morgan fingerprint density at radius 1 is 1.62 bits per heavy atom. The van der Waals surface area contributed by atoms with Crippen molar-refractivity contribution in [3.63, 3.8) is 0 Å². The highest BCUT2D eigenvalue weighted by Crippen LogP contribution is 2.27. The maximum atomic E-state index is 6.05. The predicted octanol–water partition coefficient (Wildman–Crippen LogP) is 2.54. The Morgan fingerprint density at radius 3 is 3.19 bits per heavy atom. The lowest BCUT2D eigenvalue weighted by Gasteiger charge is -2.34. The largest absolute Gasteiger partial charge is 0.383 e. The zero-order valence-corrected chi connectivity index (χ0v) is 10.3. The number of rotatable bonds is 3. The van der Waals surface area contributed by atoms with Gasteiger partial charge in [0.05, 0.1) is 10.7 Å². The second-order valence-electron chi connectivity index (χ2n) is 4.80. The van der Waals surface area contributed by atoms with E-state index in [-0.39, 0.29) is 0 Å². The van der Waals surface area contributed by atoms with E-state index in [0.29, 0.717) is 10.4 Å². The maximum absolute atomic E-state index is 6.05. The first-order valence-corrected chi connectivity index (χ1v) is 6.12. The molecule has 0 radical (unpaired) electrons. The highest BCUT2D eigenvalue weighted by molar-refractivity contribution is 6.33. The normalized spacial score (nSPS) is 25.4. The van der Waals surface area contributed by atoms with Gasteiger partial charge >= 0.3 is 0 Å². The molecule has 1 aromatic heterocycles. The molecule has 2 rings (SSSR count). The zero-order valence-electron chi connectivity index (χ0n) is 9.59. The Hall–Kier alpha value is -0.800. The molecule has 1 unspecified atom stereocenters. The van der Waals surface area contributed by atoms with Crippen molar-refractivity contribution in [2.45, 2.75) is 19.8 Å². The second-order valence-corrected chi connectivity index (χ2v) is 5.21. The van der Waals surface area contributed by atoms with Gasteiger partial charge in [-0.05, 0) is 30.9 Å². The predicted molar refractivity (Wildman–Crippen MR) is 67.9 cm³/mol. The molecule has 4 heteroatoms. The van der Waals surface area contributed by atoms with Crippen molar-refractivity contribution >= 4 is 17.3 Å². The zero-order chi connectivity index (χ0) is 11.4. The lowest BCUT2D eigenvalue weighted by atomic mass is 9.83. The van der Waals surface area contributed by atoms with E-state index in [9.17, 15) is 0 Å². The lowest BCUT2D eigenvalue weighted by molar-refractivity contribution is 0.253. The molecule has 1 saturated heterocycles. The Morgan fingerprint density at radius 2 is 2.50 bits per heavy atom. The fraction of sp³-hybridized carbons (Fsp3) is 0.583. The molecule has 88 valence electrons. The van der Waals surface area contributed by atoms with Gasteiger partial charge in [-0.2, -0.15) is 0 Å². The van der Waals surface area contributed by atoms with E-state index in [4.69, 9.17) is 11.6 Å². The topological polar surface area (TPSA) is 37.0 Å². The van der Waals surface area contributed by atoms with Gasteiger partial charge in [0.25, 0.3) is 0 Å². The Kier molecular flexibility index (Phi) is 3.66. The van der Waals surface area contributed by atoms with Gasteiger partial charge in [-0.1, -0.05) is 18.5 Å². The van der Waals surface area contributed by atoms with Crippen molar-refractivity contribution in [1.29, 1.82) is 0 Å². The van der Waals surface area contributed by atoms with Gasteiger partial charge in [0.1, 0.15) is 0 Å². The monoisotopic (exact) mass is 239 g/mol. The molecule has 1 fully saturated rings. The third-order valence-electron chi connectivity index (χ3n) is 3.16. The summed E-state index contributed by atoms with van der Waals surface area (Å²) in [6.07, 6.45) is 5.94. The Balaban J connectivity index is 1.94. The summed E-state index contributed by atoms with van der Waals surface area (Å²) in [5, 5.41) is 7.54. The number of pyridine rings is 1. The van der Waals surface area contributed by atoms with Crippen LogP contribution in [-0.4, -0.2) is 24.6 Å². The van der Waals surface area contributed by atoms with Crippen LogP contribution in [0.15, 0.2) is 18.5 Å². The van der Waals surface area contributed by atoms with Gasteiger partial charge in [-0.15, -0.1) is 0 Å². The first-order chi connectivity index (χ1) is 7.70. The van der Waals surface area contributed by atoms with Crippen LogP contribution in [0.5, 0.6) is 0 Å². The van der Waals surface area contributed by atoms with Crippen LogP contribution in [0.3, 0.4) is 0 Å². The summed E-state index contributed by atoms with van der Waals surface area (Å²) in [5.41, 5.74) is 1.30. The first-order valence-electron chi connectivity index (χ1n) is 5.74. The van der Waals surface area contributed by atoms with E-state index in [0.717, 1.165) is 25.3 Å². The minimum Gasteiger partial charge on any atom is -0.383 e. The molecule has 0 bridgehead atoms. The molecule has 0 aliphatic carbocycles. The first kappa shape index (κ1) is 11.7. The third kappa shape index (κ3) is 2.86. The minimum absolute atomic E-state index is 0.324. The average molecular weight is 240 g/mol. The summed E-state index contributed by atoms with van der Waals surface area (Å²) >= 11 is 6.05. The molecule has 0 aromatic carbocycles. The number of halogens is 1.